The van der Waals surface area contributed by atoms with Crippen molar-refractivity contribution in [1.82, 2.24) is 4.98 Å². The first-order valence-corrected chi connectivity index (χ1v) is 14.9. The third kappa shape index (κ3) is 3.36. The third-order valence-corrected chi connectivity index (χ3v) is 8.43. The second-order valence-electron chi connectivity index (χ2n) is 9.68. The Kier molecular flexibility index (Phi) is 4.49. The highest BCUT2D eigenvalue weighted by molar-refractivity contribution is 6.90. The summed E-state index contributed by atoms with van der Waals surface area (Å²) in [5, 5.41) is 4.97. The van der Waals surface area contributed by atoms with Gasteiger partial charge in [0, 0.05) is 16.3 Å². The highest BCUT2D eigenvalue weighted by atomic mass is 28.3. The van der Waals surface area contributed by atoms with Crippen molar-refractivity contribution in [3.8, 4) is 22.4 Å². The molecule has 0 N–H and O–H groups in total. The Balaban J connectivity index is 1.64. The minimum Gasteiger partial charge on any atom is -0.455 e. The van der Waals surface area contributed by atoms with Crippen LogP contribution in [-0.2, 0) is 0 Å². The van der Waals surface area contributed by atoms with Crippen LogP contribution in [0.3, 0.4) is 0 Å². The molecule has 0 aliphatic heterocycles. The maximum atomic E-state index is 6.34. The number of pyridine rings is 1. The molecule has 0 amide bonds. The number of benzene rings is 4. The van der Waals surface area contributed by atoms with Gasteiger partial charge in [0.15, 0.2) is 0 Å². The minimum atomic E-state index is -1.63. The smallest absolute Gasteiger partial charge is 0.144 e. The van der Waals surface area contributed by atoms with E-state index in [9.17, 15) is 0 Å². The number of furan rings is 1. The minimum absolute atomic E-state index is 0.909. The van der Waals surface area contributed by atoms with Crippen LogP contribution < -0.4 is 5.19 Å². The Morgan fingerprint density at radius 3 is 2.21 bits per heavy atom. The Labute approximate surface area is 194 Å². The molecule has 0 saturated carbocycles. The average molecular weight is 444 g/mol. The van der Waals surface area contributed by atoms with E-state index in [0.717, 1.165) is 38.7 Å². The molecular formula is C30H25NOSi. The van der Waals surface area contributed by atoms with E-state index in [4.69, 9.17) is 9.40 Å². The maximum absolute atomic E-state index is 6.34. The zero-order valence-electron chi connectivity index (χ0n) is 19.1. The molecule has 2 heterocycles. The second kappa shape index (κ2) is 7.43. The molecule has 0 aliphatic rings. The van der Waals surface area contributed by atoms with E-state index in [0.29, 0.717) is 0 Å². The van der Waals surface area contributed by atoms with E-state index in [2.05, 4.69) is 105 Å². The summed E-state index contributed by atoms with van der Waals surface area (Å²) in [7, 11) is -1.63. The lowest BCUT2D eigenvalue weighted by atomic mass is 10.0. The number of nitrogens with zero attached hydrogens (tertiary/aromatic N) is 1. The first-order valence-electron chi connectivity index (χ1n) is 11.4. The lowest BCUT2D eigenvalue weighted by molar-refractivity contribution is 0.670. The van der Waals surface area contributed by atoms with Gasteiger partial charge in [0.25, 0.3) is 0 Å². The molecule has 2 aromatic heterocycles. The summed E-state index contributed by atoms with van der Waals surface area (Å²) >= 11 is 0. The van der Waals surface area contributed by atoms with Crippen molar-refractivity contribution in [3.05, 3.63) is 97.1 Å². The van der Waals surface area contributed by atoms with Crippen molar-refractivity contribution in [3.63, 3.8) is 0 Å². The van der Waals surface area contributed by atoms with E-state index >= 15 is 0 Å². The predicted molar refractivity (Wildman–Crippen MR) is 143 cm³/mol. The number of rotatable bonds is 3. The molecule has 0 saturated heterocycles. The molecule has 0 bridgehead atoms. The van der Waals surface area contributed by atoms with E-state index in [1.165, 1.54) is 21.7 Å². The van der Waals surface area contributed by atoms with Gasteiger partial charge in [-0.1, -0.05) is 92.4 Å². The molecule has 0 atom stereocenters. The topological polar surface area (TPSA) is 26.0 Å². The zero-order valence-corrected chi connectivity index (χ0v) is 20.1. The molecule has 0 aliphatic carbocycles. The van der Waals surface area contributed by atoms with Crippen molar-refractivity contribution in [2.75, 3.05) is 0 Å². The Bertz CT molecular complexity index is 1640. The largest absolute Gasteiger partial charge is 0.455 e. The lowest BCUT2D eigenvalue weighted by Crippen LogP contribution is -2.38. The summed E-state index contributed by atoms with van der Waals surface area (Å²) in [6, 6.07) is 34.2. The highest BCUT2D eigenvalue weighted by Crippen LogP contribution is 2.36. The molecule has 160 valence electrons. The van der Waals surface area contributed by atoms with Gasteiger partial charge >= 0.3 is 0 Å². The molecule has 6 aromatic rings. The normalized spacial score (nSPS) is 12.1. The number of fused-ring (bicyclic) bond motifs is 4. The van der Waals surface area contributed by atoms with Gasteiger partial charge in [-0.2, -0.15) is 0 Å². The summed E-state index contributed by atoms with van der Waals surface area (Å²) in [4.78, 5) is 5.19. The zero-order chi connectivity index (χ0) is 22.6. The third-order valence-electron chi connectivity index (χ3n) is 6.41. The fourth-order valence-corrected chi connectivity index (χ4v) is 6.34. The van der Waals surface area contributed by atoms with Crippen LogP contribution >= 0.6 is 0 Å². The fraction of sp³-hybridized carbons (Fsp3) is 0.100. The van der Waals surface area contributed by atoms with Gasteiger partial charge in [0.1, 0.15) is 11.2 Å². The van der Waals surface area contributed by atoms with Crippen LogP contribution in [0.25, 0.3) is 55.2 Å². The molecule has 3 heteroatoms. The molecule has 0 radical (unpaired) electrons. The molecule has 4 aromatic carbocycles. The number of aromatic nitrogens is 1. The van der Waals surface area contributed by atoms with Crippen LogP contribution in [0.1, 0.15) is 0 Å². The summed E-state index contributed by atoms with van der Waals surface area (Å²) in [5.74, 6) is 0. The van der Waals surface area contributed by atoms with Crippen LogP contribution in [0.5, 0.6) is 0 Å². The van der Waals surface area contributed by atoms with E-state index in [1.54, 1.807) is 0 Å². The molecule has 33 heavy (non-hydrogen) atoms. The highest BCUT2D eigenvalue weighted by Gasteiger charge is 2.22. The van der Waals surface area contributed by atoms with Crippen molar-refractivity contribution in [2.45, 2.75) is 19.6 Å². The van der Waals surface area contributed by atoms with Crippen LogP contribution in [0.4, 0.5) is 0 Å². The van der Waals surface area contributed by atoms with Crippen LogP contribution in [-0.4, -0.2) is 13.1 Å². The first kappa shape index (κ1) is 20.0. The van der Waals surface area contributed by atoms with Gasteiger partial charge in [-0.25, -0.2) is 4.98 Å². The Morgan fingerprint density at radius 2 is 1.39 bits per heavy atom. The summed E-state index contributed by atoms with van der Waals surface area (Å²) in [6.45, 7) is 7.20. The van der Waals surface area contributed by atoms with Crippen molar-refractivity contribution in [1.29, 1.82) is 0 Å². The SMILES string of the molecule is C[Si](C)(C)c1cc(-c2cccc3c2oc2ccccc23)nc2cc(-c3ccccc3)ccc12. The summed E-state index contributed by atoms with van der Waals surface area (Å²) in [5.41, 5.74) is 7.30. The molecule has 6 rings (SSSR count). The second-order valence-corrected chi connectivity index (χ2v) is 14.7. The Hall–Kier alpha value is -3.69. The van der Waals surface area contributed by atoms with Gasteiger partial charge < -0.3 is 4.42 Å². The van der Waals surface area contributed by atoms with Crippen LogP contribution in [0.15, 0.2) is 101 Å². The predicted octanol–water partition coefficient (Wildman–Crippen LogP) is 8.01. The van der Waals surface area contributed by atoms with Crippen molar-refractivity contribution >= 4 is 46.1 Å². The van der Waals surface area contributed by atoms with E-state index < -0.39 is 8.07 Å². The van der Waals surface area contributed by atoms with Gasteiger partial charge in [-0.3, -0.25) is 0 Å². The fourth-order valence-electron chi connectivity index (χ4n) is 4.75. The Morgan fingerprint density at radius 1 is 0.636 bits per heavy atom. The van der Waals surface area contributed by atoms with E-state index in [1.807, 2.05) is 12.1 Å². The standard InChI is InChI=1S/C30H25NOSi/c1-33(2,3)29-19-27(25-14-9-13-23-22-12-7-8-15-28(22)32-30(23)25)31-26-18-21(16-17-24(26)29)20-10-5-4-6-11-20/h4-19H,1-3H3. The molecule has 0 fully saturated rings. The van der Waals surface area contributed by atoms with Crippen LogP contribution in [0, 0.1) is 0 Å². The lowest BCUT2D eigenvalue weighted by Gasteiger charge is -2.21. The maximum Gasteiger partial charge on any atom is 0.144 e. The monoisotopic (exact) mass is 443 g/mol. The van der Waals surface area contributed by atoms with E-state index in [-0.39, 0.29) is 0 Å². The molecule has 0 spiro atoms. The first-order chi connectivity index (χ1) is 16.0. The van der Waals surface area contributed by atoms with Crippen LogP contribution in [0.2, 0.25) is 19.6 Å². The number of hydrogen-bond acceptors (Lipinski definition) is 2. The van der Waals surface area contributed by atoms with Crippen molar-refractivity contribution in [2.24, 2.45) is 0 Å². The number of hydrogen-bond donors (Lipinski definition) is 0. The van der Waals surface area contributed by atoms with Gasteiger partial charge in [0.2, 0.25) is 0 Å². The summed E-state index contributed by atoms with van der Waals surface area (Å²) in [6.07, 6.45) is 0. The number of para-hydroxylation sites is 2. The summed E-state index contributed by atoms with van der Waals surface area (Å²) < 4.78 is 6.34. The quantitative estimate of drug-likeness (QED) is 0.259. The van der Waals surface area contributed by atoms with Gasteiger partial charge in [-0.05, 0) is 46.0 Å². The van der Waals surface area contributed by atoms with Gasteiger partial charge in [-0.15, -0.1) is 0 Å². The average Bonchev–Trinajstić information content (AvgIpc) is 3.22. The molecular weight excluding hydrogens is 418 g/mol. The van der Waals surface area contributed by atoms with Crippen molar-refractivity contribution < 1.29 is 4.42 Å². The molecule has 0 unspecified atom stereocenters. The molecule has 2 nitrogen and oxygen atoms in total. The van der Waals surface area contributed by atoms with Gasteiger partial charge in [0.05, 0.1) is 19.3 Å².